The number of nitrogens with one attached hydrogen (secondary N) is 1. The summed E-state index contributed by atoms with van der Waals surface area (Å²) in [5, 5.41) is 3.33. The first-order valence-electron chi connectivity index (χ1n) is 6.11. The third kappa shape index (κ3) is 7.77. The lowest BCUT2D eigenvalue weighted by molar-refractivity contribution is -0.0573. The number of ether oxygens (including phenoxy) is 2. The van der Waals surface area contributed by atoms with E-state index < -0.39 is 0 Å². The van der Waals surface area contributed by atoms with Crippen molar-refractivity contribution in [3.05, 3.63) is 0 Å². The minimum Gasteiger partial charge on any atom is -0.379 e. The van der Waals surface area contributed by atoms with Gasteiger partial charge in [0.05, 0.1) is 18.8 Å². The highest BCUT2D eigenvalue weighted by Gasteiger charge is 2.21. The minimum absolute atomic E-state index is 0.0500. The summed E-state index contributed by atoms with van der Waals surface area (Å²) in [4.78, 5) is 0. The molecule has 0 spiro atoms. The normalized spacial score (nSPS) is 15.2. The Bertz CT molecular complexity index is 142. The van der Waals surface area contributed by atoms with Crippen LogP contribution >= 0.6 is 0 Å². The van der Waals surface area contributed by atoms with Gasteiger partial charge in [0.1, 0.15) is 0 Å². The summed E-state index contributed by atoms with van der Waals surface area (Å²) >= 11 is 0. The first kappa shape index (κ1) is 14.9. The average molecular weight is 217 g/mol. The van der Waals surface area contributed by atoms with Gasteiger partial charge in [-0.05, 0) is 26.3 Å². The van der Waals surface area contributed by atoms with E-state index in [4.69, 9.17) is 9.47 Å². The summed E-state index contributed by atoms with van der Waals surface area (Å²) in [6.07, 6.45) is 2.09. The molecule has 0 aromatic carbocycles. The summed E-state index contributed by atoms with van der Waals surface area (Å²) in [6, 6.07) is 0. The second kappa shape index (κ2) is 9.13. The SMILES string of the molecule is CCCOCCOC(C)(CC)CNCC. The van der Waals surface area contributed by atoms with E-state index in [1.807, 2.05) is 0 Å². The van der Waals surface area contributed by atoms with Crippen LogP contribution in [0, 0.1) is 0 Å². The van der Waals surface area contributed by atoms with E-state index in [1.54, 1.807) is 0 Å². The molecule has 0 aromatic rings. The van der Waals surface area contributed by atoms with E-state index in [0.29, 0.717) is 13.2 Å². The van der Waals surface area contributed by atoms with Crippen LogP contribution in [0.15, 0.2) is 0 Å². The predicted octanol–water partition coefficient (Wildman–Crippen LogP) is 2.21. The van der Waals surface area contributed by atoms with Gasteiger partial charge in [0.2, 0.25) is 0 Å². The Hall–Kier alpha value is -0.120. The van der Waals surface area contributed by atoms with Gasteiger partial charge in [-0.15, -0.1) is 0 Å². The van der Waals surface area contributed by atoms with Crippen molar-refractivity contribution in [3.63, 3.8) is 0 Å². The summed E-state index contributed by atoms with van der Waals surface area (Å²) in [7, 11) is 0. The van der Waals surface area contributed by atoms with Crippen LogP contribution in [0.3, 0.4) is 0 Å². The van der Waals surface area contributed by atoms with Crippen molar-refractivity contribution in [1.82, 2.24) is 5.32 Å². The molecule has 0 aliphatic carbocycles. The van der Waals surface area contributed by atoms with Crippen molar-refractivity contribution in [2.45, 2.75) is 46.1 Å². The van der Waals surface area contributed by atoms with Gasteiger partial charge in [0, 0.05) is 13.2 Å². The molecule has 0 radical (unpaired) electrons. The van der Waals surface area contributed by atoms with Crippen LogP contribution in [-0.4, -0.2) is 38.5 Å². The van der Waals surface area contributed by atoms with Crippen LogP contribution < -0.4 is 5.32 Å². The second-order valence-corrected chi connectivity index (χ2v) is 4.04. The maximum absolute atomic E-state index is 5.84. The third-order valence-corrected chi connectivity index (χ3v) is 2.52. The zero-order valence-electron chi connectivity index (χ0n) is 10.8. The van der Waals surface area contributed by atoms with Crippen molar-refractivity contribution in [2.75, 3.05) is 32.9 Å². The Morgan fingerprint density at radius 3 is 2.33 bits per heavy atom. The number of hydrogen-bond donors (Lipinski definition) is 1. The van der Waals surface area contributed by atoms with Crippen LogP contribution in [0.2, 0.25) is 0 Å². The van der Waals surface area contributed by atoms with Crippen molar-refractivity contribution in [1.29, 1.82) is 0 Å². The Morgan fingerprint density at radius 2 is 1.80 bits per heavy atom. The largest absolute Gasteiger partial charge is 0.379 e. The Labute approximate surface area is 94.5 Å². The molecule has 1 unspecified atom stereocenters. The van der Waals surface area contributed by atoms with Gasteiger partial charge >= 0.3 is 0 Å². The monoisotopic (exact) mass is 217 g/mol. The van der Waals surface area contributed by atoms with Crippen molar-refractivity contribution < 1.29 is 9.47 Å². The zero-order chi connectivity index (χ0) is 11.6. The summed E-state index contributed by atoms with van der Waals surface area (Å²) < 4.78 is 11.2. The third-order valence-electron chi connectivity index (χ3n) is 2.52. The van der Waals surface area contributed by atoms with E-state index >= 15 is 0 Å². The van der Waals surface area contributed by atoms with E-state index in [9.17, 15) is 0 Å². The van der Waals surface area contributed by atoms with E-state index in [0.717, 1.165) is 32.5 Å². The maximum atomic E-state index is 5.84. The molecule has 92 valence electrons. The molecule has 0 heterocycles. The van der Waals surface area contributed by atoms with Crippen LogP contribution in [0.5, 0.6) is 0 Å². The molecule has 15 heavy (non-hydrogen) atoms. The van der Waals surface area contributed by atoms with E-state index in [1.165, 1.54) is 0 Å². The summed E-state index contributed by atoms with van der Waals surface area (Å²) in [5.74, 6) is 0. The number of hydrogen-bond acceptors (Lipinski definition) is 3. The fourth-order valence-corrected chi connectivity index (χ4v) is 1.26. The first-order chi connectivity index (χ1) is 7.18. The molecule has 0 saturated carbocycles. The van der Waals surface area contributed by atoms with E-state index in [-0.39, 0.29) is 5.60 Å². The lowest BCUT2D eigenvalue weighted by Gasteiger charge is -2.29. The molecule has 0 saturated heterocycles. The van der Waals surface area contributed by atoms with Crippen molar-refractivity contribution in [2.24, 2.45) is 0 Å². The van der Waals surface area contributed by atoms with Gasteiger partial charge in [0.15, 0.2) is 0 Å². The summed E-state index contributed by atoms with van der Waals surface area (Å²) in [5.41, 5.74) is -0.0500. The fourth-order valence-electron chi connectivity index (χ4n) is 1.26. The molecule has 0 fully saturated rings. The van der Waals surface area contributed by atoms with E-state index in [2.05, 4.69) is 33.0 Å². The van der Waals surface area contributed by atoms with Gasteiger partial charge < -0.3 is 14.8 Å². The lowest BCUT2D eigenvalue weighted by atomic mass is 10.0. The molecular formula is C12H27NO2. The molecule has 0 aliphatic rings. The maximum Gasteiger partial charge on any atom is 0.0776 e. The van der Waals surface area contributed by atoms with Gasteiger partial charge in [-0.3, -0.25) is 0 Å². The number of likely N-dealkylation sites (N-methyl/N-ethyl adjacent to an activating group) is 1. The van der Waals surface area contributed by atoms with Gasteiger partial charge in [-0.25, -0.2) is 0 Å². The molecule has 0 aromatic heterocycles. The van der Waals surface area contributed by atoms with Gasteiger partial charge in [-0.2, -0.15) is 0 Å². The molecule has 3 nitrogen and oxygen atoms in total. The van der Waals surface area contributed by atoms with Crippen LogP contribution in [-0.2, 0) is 9.47 Å². The van der Waals surface area contributed by atoms with Crippen LogP contribution in [0.1, 0.15) is 40.5 Å². The minimum atomic E-state index is -0.0500. The zero-order valence-corrected chi connectivity index (χ0v) is 10.8. The smallest absolute Gasteiger partial charge is 0.0776 e. The molecule has 0 aliphatic heterocycles. The highest BCUT2D eigenvalue weighted by atomic mass is 16.5. The highest BCUT2D eigenvalue weighted by Crippen LogP contribution is 2.13. The standard InChI is InChI=1S/C12H27NO2/c1-5-8-14-9-10-15-12(4,6-2)11-13-7-3/h13H,5-11H2,1-4H3. The van der Waals surface area contributed by atoms with Crippen molar-refractivity contribution in [3.8, 4) is 0 Å². The quantitative estimate of drug-likeness (QED) is 0.569. The molecule has 1 atom stereocenters. The van der Waals surface area contributed by atoms with Crippen LogP contribution in [0.25, 0.3) is 0 Å². The Balaban J connectivity index is 3.58. The van der Waals surface area contributed by atoms with Gasteiger partial charge in [-0.1, -0.05) is 20.8 Å². The topological polar surface area (TPSA) is 30.5 Å². The molecule has 0 bridgehead atoms. The average Bonchev–Trinajstić information content (AvgIpc) is 2.26. The van der Waals surface area contributed by atoms with Crippen molar-refractivity contribution >= 4 is 0 Å². The molecule has 1 N–H and O–H groups in total. The lowest BCUT2D eigenvalue weighted by Crippen LogP contribution is -2.40. The fraction of sp³-hybridized carbons (Fsp3) is 1.00. The number of rotatable bonds is 10. The second-order valence-electron chi connectivity index (χ2n) is 4.04. The van der Waals surface area contributed by atoms with Crippen LogP contribution in [0.4, 0.5) is 0 Å². The first-order valence-corrected chi connectivity index (χ1v) is 6.11. The summed E-state index contributed by atoms with van der Waals surface area (Å²) in [6.45, 7) is 12.7. The van der Waals surface area contributed by atoms with Gasteiger partial charge in [0.25, 0.3) is 0 Å². The molecule has 0 rings (SSSR count). The molecule has 0 amide bonds. The Morgan fingerprint density at radius 1 is 1.07 bits per heavy atom. The molecule has 3 heteroatoms. The molecular weight excluding hydrogens is 190 g/mol. The highest BCUT2D eigenvalue weighted by molar-refractivity contribution is 4.75. The predicted molar refractivity (Wildman–Crippen MR) is 64.3 cm³/mol. The Kier molecular flexibility index (Phi) is 9.06.